The van der Waals surface area contributed by atoms with Crippen molar-refractivity contribution < 1.29 is 117 Å². The Hall–Kier alpha value is -12.7. The molecule has 3 aromatic carbocycles. The van der Waals surface area contributed by atoms with E-state index in [9.17, 15) is 98.6 Å². The number of imide groups is 1. The standard InChI is InChI=1S/C31H36ClF3N6O6S.C24H36N6O4S.C20H20N6O5.C19H27N7O7/c1-37-9-11-38(12-10-37)24-17-40(19-48(45,46)26-5-3-2-4-22(26)32)27-18-39(16-20-6-7-25-21(14-20)8-13-47-25)28(42)23(41(27)29(24)43)15-36-30(44)31(33,34)35;1-24(2,3)19-22(32)28(16-7-5-4-6-8-16)14-18-29(23(33)20-26-25-15-35-20)13-17(21(31)30(18)19)27-9-11-34-12-10-27;1-3-14(27)22-13-9-25(20(30)17-23-21-11-31-17)15-10-24(2)19(29)16(26(15)18(13)28)12-7-5-4-6-8-12;1-2-11-17(31)24(19(20)21)6-13-23(16(30)10-3-9(27)4-22-10)5-12(18(32)25(11)13)26-14(28)7-33-8-15(26)29/h2-7,14,23-24,27H,8-13,15-19H2,1H3,(H,36,44);15-19H,4-14H2,1-3H3;3-8,11,13,15-16H,1,9-10H2,2H3,(H,22,27);9-13,22,27H,2-8H2,1H3,(H3,20,21)/t23-,24+,27?;17-,18?,19+;13-,15?,16+;9-,10+,11-,12-,13?/m0111/s1. The predicted octanol–water partition coefficient (Wildman–Crippen LogP) is -1.84. The third kappa shape index (κ3) is 22.4. The number of hydrogen-bond acceptors (Lipinski definition) is 33. The Balaban J connectivity index is 0.000000142. The zero-order valence-electron chi connectivity index (χ0n) is 81.8. The fourth-order valence-electron chi connectivity index (χ4n) is 21.8. The van der Waals surface area contributed by atoms with E-state index < -0.39 is 190 Å². The smallest absolute Gasteiger partial charge is 0.471 e. The molecule has 1 saturated carbocycles. The number of rotatable bonds is 18. The number of carbonyl (C=O) groups excluding carboxylic acids is 15. The molecule has 13 fully saturated rings. The van der Waals surface area contributed by atoms with Gasteiger partial charge in [-0.05, 0) is 79.1 Å². The molecule has 4 unspecified atom stereocenters. The molecular formula is C94H119ClF3N25O22S2. The summed E-state index contributed by atoms with van der Waals surface area (Å²) in [7, 11) is -0.541. The summed E-state index contributed by atoms with van der Waals surface area (Å²) in [4.78, 5) is 223. The molecule has 15 amide bonds. The number of morpholine rings is 2. The van der Waals surface area contributed by atoms with Gasteiger partial charge in [0.15, 0.2) is 15.8 Å². The third-order valence-corrected chi connectivity index (χ3v) is 31.9. The van der Waals surface area contributed by atoms with Crippen molar-refractivity contribution in [2.75, 3.05) is 158 Å². The van der Waals surface area contributed by atoms with E-state index in [1.54, 1.807) is 94.1 Å². The molecule has 792 valence electrons. The summed E-state index contributed by atoms with van der Waals surface area (Å²) in [5.41, 5.74) is 8.94. The highest BCUT2D eigenvalue weighted by Gasteiger charge is 2.61. The summed E-state index contributed by atoms with van der Waals surface area (Å²) in [6, 6.07) is 11.7. The topological polar surface area (TPSA) is 541 Å². The Labute approximate surface area is 852 Å². The molecule has 2 aromatic heterocycles. The quantitative estimate of drug-likeness (QED) is 0.0243. The van der Waals surface area contributed by atoms with Crippen molar-refractivity contribution >= 4 is 127 Å². The van der Waals surface area contributed by atoms with Crippen molar-refractivity contribution in [1.29, 1.82) is 5.41 Å². The van der Waals surface area contributed by atoms with E-state index in [4.69, 9.17) is 41.4 Å². The summed E-state index contributed by atoms with van der Waals surface area (Å²) in [5, 5.41) is 40.4. The highest BCUT2D eigenvalue weighted by molar-refractivity contribution is 7.91. The average molecular weight is 2110 g/mol. The first-order chi connectivity index (χ1) is 70.1. The minimum atomic E-state index is -5.22. The zero-order chi connectivity index (χ0) is 105. The number of piperazine rings is 5. The normalized spacial score (nSPS) is 27.3. The van der Waals surface area contributed by atoms with Gasteiger partial charge in [0.1, 0.15) is 103 Å². The number of halogens is 4. The van der Waals surface area contributed by atoms with Gasteiger partial charge in [0.25, 0.3) is 23.6 Å². The molecule has 12 saturated heterocycles. The number of nitrogens with two attached hydrogens (primary N) is 1. The van der Waals surface area contributed by atoms with E-state index in [1.165, 1.54) is 64.2 Å². The monoisotopic (exact) mass is 2110 g/mol. The molecule has 53 heteroatoms. The Morgan fingerprint density at radius 1 is 0.680 bits per heavy atom. The van der Waals surface area contributed by atoms with Crippen molar-refractivity contribution in [1.82, 2.24) is 115 Å². The van der Waals surface area contributed by atoms with Gasteiger partial charge >= 0.3 is 23.9 Å². The van der Waals surface area contributed by atoms with Gasteiger partial charge in [-0.3, -0.25) is 102 Å². The Kier molecular flexibility index (Phi) is 32.6. The summed E-state index contributed by atoms with van der Waals surface area (Å²) >= 11 is 7.49. The number of nitrogens with one attached hydrogen (secondary N) is 4. The number of carbonyl (C=O) groups is 15. The lowest BCUT2D eigenvalue weighted by molar-refractivity contribution is -0.185. The maximum atomic E-state index is 14.3. The number of nitrogens with zero attached hydrogens (tertiary/aromatic N) is 20. The van der Waals surface area contributed by atoms with Crippen LogP contribution in [-0.4, -0.2) is 456 Å². The highest BCUT2D eigenvalue weighted by atomic mass is 35.5. The Morgan fingerprint density at radius 3 is 1.97 bits per heavy atom. The lowest BCUT2D eigenvalue weighted by atomic mass is 9.80. The van der Waals surface area contributed by atoms with E-state index in [-0.39, 0.29) is 130 Å². The van der Waals surface area contributed by atoms with Crippen LogP contribution in [0.4, 0.5) is 13.2 Å². The van der Waals surface area contributed by atoms with Crippen LogP contribution in [0.15, 0.2) is 107 Å². The molecule has 15 heterocycles. The van der Waals surface area contributed by atoms with Crippen LogP contribution in [-0.2, 0) is 94.6 Å². The van der Waals surface area contributed by atoms with Crippen LogP contribution in [0.2, 0.25) is 5.02 Å². The lowest BCUT2D eigenvalue weighted by Gasteiger charge is -2.58. The number of fused-ring (bicyclic) bond motifs is 5. The van der Waals surface area contributed by atoms with Crippen molar-refractivity contribution in [2.24, 2.45) is 11.1 Å². The molecule has 14 aliphatic rings. The molecule has 0 bridgehead atoms. The second kappa shape index (κ2) is 44.8. The molecular weight excluding hydrogens is 1990 g/mol. The SMILES string of the molecule is C=CC(=O)N[C@@H]1CN(C(=O)c2nnco2)C2CN(C)C(=O)[C@H](c3ccccc3)N2C1=O.CC(C)(C)[C@@H]1C(=O)N(C2CCCCC2)CC2N(C(=O)c3nncs3)C[C@@H](N3CCOCC3)C(=O)N21.CC[C@@H]1C(=O)N(C(=N)N)CC2N(C(=O)[C@@H]3C[C@@H](O)CN3)C[C@@H](N3C(=O)COCC3=O)C(=O)N21.CN1CCN([C@@H]2CN(CS(=O)(=O)c3ccccc3Cl)C3CN(Cc4ccc5c(c4)CCO5)C(=O)[C@H](CNC(=O)C(F)(F)F)N3C2=O)CC1. The van der Waals surface area contributed by atoms with Gasteiger partial charge in [0.2, 0.25) is 64.6 Å². The van der Waals surface area contributed by atoms with Crippen LogP contribution in [0.3, 0.4) is 0 Å². The van der Waals surface area contributed by atoms with Gasteiger partial charge in [0, 0.05) is 91.5 Å². The molecule has 1 aliphatic carbocycles. The van der Waals surface area contributed by atoms with E-state index in [1.807, 2.05) is 43.7 Å². The molecule has 13 aliphatic heterocycles. The summed E-state index contributed by atoms with van der Waals surface area (Å²) in [6.07, 6.45) is -0.778. The van der Waals surface area contributed by atoms with E-state index in [0.29, 0.717) is 82.6 Å². The number of β-amino-alcohol motifs (C(OH)–C–C–N with tert-alkyl or cyclic N) is 1. The molecule has 0 radical (unpaired) electrons. The first-order valence-corrected chi connectivity index (χ1v) is 51.6. The van der Waals surface area contributed by atoms with Gasteiger partial charge in [-0.1, -0.05) is 131 Å². The summed E-state index contributed by atoms with van der Waals surface area (Å²) in [5.74, 6) is -9.28. The van der Waals surface area contributed by atoms with Crippen molar-refractivity contribution in [3.8, 4) is 5.75 Å². The largest absolute Gasteiger partial charge is 0.493 e. The van der Waals surface area contributed by atoms with Crippen LogP contribution < -0.4 is 26.4 Å². The average Bonchev–Trinajstić information content (AvgIpc) is 1.72. The number of aliphatic hydroxyl groups is 1. The third-order valence-electron chi connectivity index (χ3n) is 29.1. The van der Waals surface area contributed by atoms with Gasteiger partial charge in [0.05, 0.1) is 81.2 Å². The van der Waals surface area contributed by atoms with Crippen LogP contribution in [0.1, 0.15) is 116 Å². The van der Waals surface area contributed by atoms with Crippen molar-refractivity contribution in [3.63, 3.8) is 0 Å². The van der Waals surface area contributed by atoms with Crippen LogP contribution in [0, 0.1) is 10.8 Å². The number of aliphatic hydroxyl groups excluding tert-OH is 1. The van der Waals surface area contributed by atoms with Crippen LogP contribution in [0.25, 0.3) is 0 Å². The Bertz CT molecular complexity index is 5950. The van der Waals surface area contributed by atoms with E-state index in [0.717, 1.165) is 64.8 Å². The molecule has 5 aromatic rings. The van der Waals surface area contributed by atoms with E-state index in [2.05, 4.69) is 47.4 Å². The molecule has 7 N–H and O–H groups in total. The molecule has 0 spiro atoms. The first kappa shape index (κ1) is 107. The maximum Gasteiger partial charge on any atom is 0.471 e. The number of alkyl halides is 3. The first-order valence-electron chi connectivity index (χ1n) is 48.7. The molecule has 147 heavy (non-hydrogen) atoms. The van der Waals surface area contributed by atoms with Crippen LogP contribution in [0.5, 0.6) is 5.75 Å². The fourth-order valence-corrected chi connectivity index (χ4v) is 24.3. The van der Waals surface area contributed by atoms with Crippen molar-refractivity contribution in [3.05, 3.63) is 130 Å². The van der Waals surface area contributed by atoms with E-state index >= 15 is 0 Å². The summed E-state index contributed by atoms with van der Waals surface area (Å²) in [6.45, 7) is 14.9. The lowest BCUT2D eigenvalue weighted by Crippen LogP contribution is -2.78. The Morgan fingerprint density at radius 2 is 1.33 bits per heavy atom. The van der Waals surface area contributed by atoms with Gasteiger partial charge in [-0.25, -0.2) is 8.42 Å². The number of guanidine groups is 1. The van der Waals surface area contributed by atoms with Gasteiger partial charge < -0.3 is 99.3 Å². The number of benzene rings is 3. The highest BCUT2D eigenvalue weighted by Crippen LogP contribution is 2.43. The number of aromatic nitrogens is 4. The summed E-state index contributed by atoms with van der Waals surface area (Å²) < 4.78 is 88.6. The molecule has 47 nitrogen and oxygen atoms in total. The number of hydrogen-bond donors (Lipinski definition) is 6. The number of likely N-dealkylation sites (N-methyl/N-ethyl adjacent to an activating group) is 2. The predicted molar refractivity (Wildman–Crippen MR) is 511 cm³/mol. The number of ether oxygens (including phenoxy) is 3. The van der Waals surface area contributed by atoms with Gasteiger partial charge in [-0.2, -0.15) is 13.2 Å². The zero-order valence-corrected chi connectivity index (χ0v) is 84.2. The van der Waals surface area contributed by atoms with Gasteiger partial charge in [-0.15, -0.1) is 20.4 Å². The molecule has 19 rings (SSSR count). The second-order valence-corrected chi connectivity index (χ2v) is 42.5. The van der Waals surface area contributed by atoms with Crippen molar-refractivity contribution in [2.45, 2.75) is 188 Å². The minimum Gasteiger partial charge on any atom is -0.493 e. The number of amides is 15. The maximum absolute atomic E-state index is 14.3. The molecule has 14 atom stereocenters. The second-order valence-electron chi connectivity index (χ2n) is 39.4. The number of sulfone groups is 1. The minimum absolute atomic E-state index is 0.00670. The van der Waals surface area contributed by atoms with Crippen LogP contribution >= 0.6 is 22.9 Å². The fraction of sp³-hybridized carbons (Fsp3) is 0.574.